The summed E-state index contributed by atoms with van der Waals surface area (Å²) in [6, 6.07) is 12.1. The number of nitrogens with zero attached hydrogens (tertiary/aromatic N) is 5. The molecule has 0 bridgehead atoms. The molecule has 1 amide bonds. The molecule has 4 rings (SSSR count). The van der Waals surface area contributed by atoms with E-state index in [1.807, 2.05) is 0 Å². The summed E-state index contributed by atoms with van der Waals surface area (Å²) >= 11 is 0. The molecular formula is C18H14N6O2. The van der Waals surface area contributed by atoms with E-state index >= 15 is 0 Å². The average molecular weight is 346 g/mol. The van der Waals surface area contributed by atoms with Crippen LogP contribution in [-0.4, -0.2) is 30.5 Å². The third-order valence-electron chi connectivity index (χ3n) is 3.93. The van der Waals surface area contributed by atoms with E-state index in [2.05, 4.69) is 20.5 Å². The van der Waals surface area contributed by atoms with Crippen LogP contribution < -0.4 is 10.9 Å². The van der Waals surface area contributed by atoms with Gasteiger partial charge in [-0.1, -0.05) is 18.2 Å². The number of aromatic nitrogens is 5. The van der Waals surface area contributed by atoms with Crippen molar-refractivity contribution in [3.05, 3.63) is 77.1 Å². The summed E-state index contributed by atoms with van der Waals surface area (Å²) in [4.78, 5) is 29.4. The lowest BCUT2D eigenvalue weighted by Crippen LogP contribution is -2.25. The predicted octanol–water partition coefficient (Wildman–Crippen LogP) is 1.77. The topological polar surface area (TPSA) is 94.7 Å². The van der Waals surface area contributed by atoms with Crippen LogP contribution in [-0.2, 0) is 7.05 Å². The molecule has 0 fully saturated rings. The Labute approximate surface area is 147 Å². The van der Waals surface area contributed by atoms with Gasteiger partial charge in [-0.2, -0.15) is 10.2 Å². The minimum atomic E-state index is -0.432. The van der Waals surface area contributed by atoms with E-state index < -0.39 is 5.91 Å². The first-order valence-electron chi connectivity index (χ1n) is 7.87. The van der Waals surface area contributed by atoms with Crippen LogP contribution in [0.5, 0.6) is 0 Å². The van der Waals surface area contributed by atoms with Gasteiger partial charge in [-0.15, -0.1) is 0 Å². The second-order valence-corrected chi connectivity index (χ2v) is 5.60. The number of benzene rings is 1. The Morgan fingerprint density at radius 1 is 1.04 bits per heavy atom. The number of nitrogens with one attached hydrogen (secondary N) is 1. The fourth-order valence-electron chi connectivity index (χ4n) is 2.72. The molecule has 0 saturated heterocycles. The molecule has 3 heterocycles. The van der Waals surface area contributed by atoms with E-state index in [1.54, 1.807) is 65.7 Å². The number of amides is 1. The Balaban J connectivity index is 1.79. The number of rotatable bonds is 3. The first kappa shape index (κ1) is 15.7. The number of hydrogen-bond acceptors (Lipinski definition) is 5. The fourth-order valence-corrected chi connectivity index (χ4v) is 2.72. The van der Waals surface area contributed by atoms with Crippen molar-refractivity contribution >= 4 is 22.4 Å². The number of pyridine rings is 1. The zero-order valence-corrected chi connectivity index (χ0v) is 13.8. The van der Waals surface area contributed by atoms with Gasteiger partial charge in [0, 0.05) is 31.0 Å². The Morgan fingerprint density at radius 3 is 2.62 bits per heavy atom. The number of aryl methyl sites for hydroxylation is 1. The van der Waals surface area contributed by atoms with Crippen LogP contribution in [0, 0.1) is 0 Å². The first-order chi connectivity index (χ1) is 12.6. The maximum atomic E-state index is 12.9. The van der Waals surface area contributed by atoms with Crippen molar-refractivity contribution in [1.29, 1.82) is 0 Å². The highest BCUT2D eigenvalue weighted by Gasteiger charge is 2.17. The molecule has 0 saturated carbocycles. The number of carbonyl (C=O) groups is 1. The lowest BCUT2D eigenvalue weighted by atomic mass is 10.1. The normalized spacial score (nSPS) is 10.8. The average Bonchev–Trinajstić information content (AvgIpc) is 3.19. The van der Waals surface area contributed by atoms with Gasteiger partial charge in [0.05, 0.1) is 11.1 Å². The van der Waals surface area contributed by atoms with Crippen LogP contribution in [0.15, 0.2) is 65.8 Å². The fraction of sp³-hybridized carbons (Fsp3) is 0.0556. The summed E-state index contributed by atoms with van der Waals surface area (Å²) in [7, 11) is 1.52. The molecule has 0 radical (unpaired) electrons. The molecule has 8 nitrogen and oxygen atoms in total. The smallest absolute Gasteiger partial charge is 0.276 e. The Bertz CT molecular complexity index is 1160. The molecule has 0 aliphatic carbocycles. The van der Waals surface area contributed by atoms with Gasteiger partial charge in [-0.05, 0) is 24.3 Å². The Morgan fingerprint density at radius 2 is 1.85 bits per heavy atom. The van der Waals surface area contributed by atoms with Crippen LogP contribution in [0.4, 0.5) is 5.69 Å². The summed E-state index contributed by atoms with van der Waals surface area (Å²) in [5.74, 6) is 0.0539. The summed E-state index contributed by atoms with van der Waals surface area (Å²) in [6.45, 7) is 0. The molecule has 0 spiro atoms. The van der Waals surface area contributed by atoms with Crippen molar-refractivity contribution in [2.24, 2.45) is 7.05 Å². The van der Waals surface area contributed by atoms with Crippen LogP contribution in [0.25, 0.3) is 16.6 Å². The lowest BCUT2D eigenvalue weighted by Gasteiger charge is -2.11. The van der Waals surface area contributed by atoms with E-state index in [0.717, 1.165) is 4.68 Å². The molecular weight excluding hydrogens is 332 g/mol. The third kappa shape index (κ3) is 2.63. The monoisotopic (exact) mass is 346 g/mol. The van der Waals surface area contributed by atoms with Crippen LogP contribution in [0.3, 0.4) is 0 Å². The molecule has 8 heteroatoms. The number of hydrogen-bond donors (Lipinski definition) is 1. The largest absolute Gasteiger partial charge is 0.317 e. The van der Waals surface area contributed by atoms with Crippen molar-refractivity contribution in [2.75, 3.05) is 5.32 Å². The zero-order valence-electron chi connectivity index (χ0n) is 13.8. The second-order valence-electron chi connectivity index (χ2n) is 5.60. The molecule has 1 N–H and O–H groups in total. The highest BCUT2D eigenvalue weighted by atomic mass is 16.2. The molecule has 1 aromatic carbocycles. The maximum absolute atomic E-state index is 12.9. The van der Waals surface area contributed by atoms with Gasteiger partial charge in [0.1, 0.15) is 0 Å². The quantitative estimate of drug-likeness (QED) is 0.610. The van der Waals surface area contributed by atoms with Gasteiger partial charge in [0.2, 0.25) is 0 Å². The minimum Gasteiger partial charge on any atom is -0.317 e. The molecule has 3 aromatic heterocycles. The van der Waals surface area contributed by atoms with Crippen molar-refractivity contribution in [1.82, 2.24) is 24.5 Å². The third-order valence-corrected chi connectivity index (χ3v) is 3.93. The standard InChI is InChI=1S/C18H14N6O2/c1-23-18(26)13-7-3-2-6-12(13)15(22-23)17(25)21-14-8-4-9-19-16(14)24-11-5-10-20-24/h2-11H,1H3,(H,21,25). The van der Waals surface area contributed by atoms with Crippen LogP contribution in [0.2, 0.25) is 0 Å². The summed E-state index contributed by atoms with van der Waals surface area (Å²) in [6.07, 6.45) is 4.98. The van der Waals surface area contributed by atoms with Gasteiger partial charge < -0.3 is 5.32 Å². The molecule has 26 heavy (non-hydrogen) atoms. The van der Waals surface area contributed by atoms with Crippen molar-refractivity contribution in [3.8, 4) is 5.82 Å². The van der Waals surface area contributed by atoms with E-state index in [4.69, 9.17) is 0 Å². The first-order valence-corrected chi connectivity index (χ1v) is 7.87. The van der Waals surface area contributed by atoms with Gasteiger partial charge >= 0.3 is 0 Å². The Kier molecular flexibility index (Phi) is 3.77. The number of fused-ring (bicyclic) bond motifs is 1. The lowest BCUT2D eigenvalue weighted by molar-refractivity contribution is 0.102. The summed E-state index contributed by atoms with van der Waals surface area (Å²) < 4.78 is 2.72. The summed E-state index contributed by atoms with van der Waals surface area (Å²) in [5.41, 5.74) is 0.398. The van der Waals surface area contributed by atoms with Crippen LogP contribution in [0.1, 0.15) is 10.5 Å². The van der Waals surface area contributed by atoms with Gasteiger partial charge in [0.25, 0.3) is 11.5 Å². The highest BCUT2D eigenvalue weighted by Crippen LogP contribution is 2.19. The van der Waals surface area contributed by atoms with Gasteiger partial charge in [0.15, 0.2) is 11.5 Å². The SMILES string of the molecule is Cn1nc(C(=O)Nc2cccnc2-n2cccn2)c2ccccc2c1=O. The van der Waals surface area contributed by atoms with Crippen molar-refractivity contribution < 1.29 is 4.79 Å². The van der Waals surface area contributed by atoms with Crippen molar-refractivity contribution in [2.45, 2.75) is 0 Å². The van der Waals surface area contributed by atoms with Gasteiger partial charge in [-0.3, -0.25) is 9.59 Å². The van der Waals surface area contributed by atoms with Crippen molar-refractivity contribution in [3.63, 3.8) is 0 Å². The Hall–Kier alpha value is -3.81. The number of carbonyl (C=O) groups excluding carboxylic acids is 1. The summed E-state index contributed by atoms with van der Waals surface area (Å²) in [5, 5.41) is 12.0. The molecule has 0 atom stereocenters. The van der Waals surface area contributed by atoms with E-state index in [1.165, 1.54) is 7.05 Å². The maximum Gasteiger partial charge on any atom is 0.276 e. The highest BCUT2D eigenvalue weighted by molar-refractivity contribution is 6.11. The predicted molar refractivity (Wildman–Crippen MR) is 96.3 cm³/mol. The molecule has 0 unspecified atom stereocenters. The second kappa shape index (κ2) is 6.25. The zero-order chi connectivity index (χ0) is 18.1. The molecule has 128 valence electrons. The molecule has 0 aliphatic heterocycles. The molecule has 0 aliphatic rings. The van der Waals surface area contributed by atoms with E-state index in [-0.39, 0.29) is 11.3 Å². The van der Waals surface area contributed by atoms with E-state index in [9.17, 15) is 9.59 Å². The van der Waals surface area contributed by atoms with Crippen LogP contribution >= 0.6 is 0 Å². The minimum absolute atomic E-state index is 0.165. The van der Waals surface area contributed by atoms with Gasteiger partial charge in [-0.25, -0.2) is 14.3 Å². The molecule has 4 aromatic rings. The van der Waals surface area contributed by atoms with E-state index in [0.29, 0.717) is 22.3 Å². The number of anilines is 1.